The van der Waals surface area contributed by atoms with Gasteiger partial charge in [-0.15, -0.1) is 0 Å². The minimum Gasteiger partial charge on any atom is -0.311 e. The zero-order valence-electron chi connectivity index (χ0n) is 39.5. The van der Waals surface area contributed by atoms with E-state index in [0.717, 1.165) is 22.7 Å². The summed E-state index contributed by atoms with van der Waals surface area (Å²) in [6, 6.07) is 102. The van der Waals surface area contributed by atoms with Crippen LogP contribution in [0.5, 0.6) is 0 Å². The molecular weight excluding hydrogens is 869 g/mol. The van der Waals surface area contributed by atoms with Gasteiger partial charge >= 0.3 is 0 Å². The predicted octanol–water partition coefficient (Wildman–Crippen LogP) is 19.5. The summed E-state index contributed by atoms with van der Waals surface area (Å²) in [5, 5.41) is 12.5. The van der Waals surface area contributed by atoms with Crippen molar-refractivity contribution >= 4 is 82.0 Å². The quantitative estimate of drug-likeness (QED) is 0.138. The molecule has 0 aliphatic rings. The van der Waals surface area contributed by atoms with Crippen LogP contribution in [0.3, 0.4) is 0 Å². The molecule has 0 amide bonds. The molecule has 0 spiro atoms. The first-order valence-corrected chi connectivity index (χ1v) is 24.8. The summed E-state index contributed by atoms with van der Waals surface area (Å²) in [5.74, 6) is 0. The fraction of sp³-hybridized carbons (Fsp3) is 0. The lowest BCUT2D eigenvalue weighted by Gasteiger charge is -2.26. The van der Waals surface area contributed by atoms with E-state index in [-0.39, 0.29) is 0 Å². The lowest BCUT2D eigenvalue weighted by Crippen LogP contribution is -2.10. The Balaban J connectivity index is 0.893. The maximum Gasteiger partial charge on any atom is 0.0541 e. The molecule has 0 aliphatic heterocycles. The second-order valence-corrected chi connectivity index (χ2v) is 18.8. The molecule has 0 aliphatic carbocycles. The summed E-state index contributed by atoms with van der Waals surface area (Å²) in [6.07, 6.45) is 0. The van der Waals surface area contributed by atoms with Crippen LogP contribution in [0.15, 0.2) is 279 Å². The molecule has 0 N–H and O–H groups in total. The van der Waals surface area contributed by atoms with Gasteiger partial charge in [0, 0.05) is 33.5 Å². The molecule has 0 bridgehead atoms. The fourth-order valence-corrected chi connectivity index (χ4v) is 11.5. The number of hydrogen-bond acceptors (Lipinski definition) is 1. The zero-order chi connectivity index (χ0) is 47.5. The zero-order valence-corrected chi connectivity index (χ0v) is 39.5. The van der Waals surface area contributed by atoms with Gasteiger partial charge in [0.1, 0.15) is 0 Å². The van der Waals surface area contributed by atoms with E-state index in [0.29, 0.717) is 0 Å². The average Bonchev–Trinajstić information content (AvgIpc) is 3.78. The van der Waals surface area contributed by atoms with Crippen LogP contribution in [0.1, 0.15) is 0 Å². The molecule has 14 rings (SSSR count). The Morgan fingerprint density at radius 1 is 0.236 bits per heavy atom. The topological polar surface area (TPSA) is 8.17 Å². The Hall–Kier alpha value is -9.50. The minimum absolute atomic E-state index is 1.08. The summed E-state index contributed by atoms with van der Waals surface area (Å²) in [7, 11) is 0. The Morgan fingerprint density at radius 3 is 1.08 bits per heavy atom. The highest BCUT2D eigenvalue weighted by atomic mass is 15.1. The van der Waals surface area contributed by atoms with Gasteiger partial charge in [0.15, 0.2) is 0 Å². The second-order valence-electron chi connectivity index (χ2n) is 18.8. The van der Waals surface area contributed by atoms with Gasteiger partial charge in [-0.2, -0.15) is 0 Å². The first kappa shape index (κ1) is 41.5. The molecule has 2 nitrogen and oxygen atoms in total. The predicted molar refractivity (Wildman–Crippen MR) is 307 cm³/mol. The number of anilines is 3. The molecule has 0 fully saturated rings. The van der Waals surface area contributed by atoms with Crippen molar-refractivity contribution in [2.75, 3.05) is 4.90 Å². The van der Waals surface area contributed by atoms with Crippen molar-refractivity contribution in [2.24, 2.45) is 0 Å². The van der Waals surface area contributed by atoms with E-state index in [1.54, 1.807) is 0 Å². The molecule has 0 atom stereocenters. The summed E-state index contributed by atoms with van der Waals surface area (Å²) < 4.78 is 2.44. The third-order valence-electron chi connectivity index (χ3n) is 14.8. The molecule has 0 saturated carbocycles. The van der Waals surface area contributed by atoms with Gasteiger partial charge in [-0.3, -0.25) is 0 Å². The molecular formula is C70H46N2. The van der Waals surface area contributed by atoms with E-state index >= 15 is 0 Å². The van der Waals surface area contributed by atoms with Crippen molar-refractivity contribution in [1.82, 2.24) is 4.57 Å². The largest absolute Gasteiger partial charge is 0.311 e. The van der Waals surface area contributed by atoms with Gasteiger partial charge in [0.2, 0.25) is 0 Å². The van der Waals surface area contributed by atoms with E-state index < -0.39 is 0 Å². The normalized spacial score (nSPS) is 11.6. The lowest BCUT2D eigenvalue weighted by atomic mass is 9.86. The second kappa shape index (κ2) is 17.2. The maximum absolute atomic E-state index is 2.44. The van der Waals surface area contributed by atoms with Crippen LogP contribution >= 0.6 is 0 Å². The van der Waals surface area contributed by atoms with Gasteiger partial charge < -0.3 is 9.47 Å². The smallest absolute Gasteiger partial charge is 0.0541 e. The number of para-hydroxylation sites is 1. The van der Waals surface area contributed by atoms with E-state index in [4.69, 9.17) is 0 Å². The molecule has 0 saturated heterocycles. The monoisotopic (exact) mass is 914 g/mol. The Kier molecular flexibility index (Phi) is 9.89. The highest BCUT2D eigenvalue weighted by Gasteiger charge is 2.20. The average molecular weight is 915 g/mol. The highest BCUT2D eigenvalue weighted by Crippen LogP contribution is 2.46. The van der Waals surface area contributed by atoms with E-state index in [1.807, 2.05) is 0 Å². The number of benzene rings is 13. The Morgan fingerprint density at radius 2 is 0.597 bits per heavy atom. The van der Waals surface area contributed by atoms with Gasteiger partial charge in [-0.1, -0.05) is 206 Å². The highest BCUT2D eigenvalue weighted by molar-refractivity contribution is 6.21. The van der Waals surface area contributed by atoms with Crippen LogP contribution < -0.4 is 4.90 Å². The van der Waals surface area contributed by atoms with Crippen LogP contribution in [-0.2, 0) is 0 Å². The van der Waals surface area contributed by atoms with Crippen molar-refractivity contribution in [3.05, 3.63) is 279 Å². The van der Waals surface area contributed by atoms with E-state index in [1.165, 1.54) is 109 Å². The third-order valence-corrected chi connectivity index (χ3v) is 14.8. The summed E-state index contributed by atoms with van der Waals surface area (Å²) in [6.45, 7) is 0. The Bertz CT molecular complexity index is 4160. The lowest BCUT2D eigenvalue weighted by molar-refractivity contribution is 1.17. The molecule has 2 heteroatoms. The van der Waals surface area contributed by atoms with Crippen LogP contribution in [-0.4, -0.2) is 4.57 Å². The fourth-order valence-electron chi connectivity index (χ4n) is 11.5. The molecule has 336 valence electrons. The van der Waals surface area contributed by atoms with Crippen LogP contribution in [0.2, 0.25) is 0 Å². The first-order valence-electron chi connectivity index (χ1n) is 24.8. The maximum atomic E-state index is 2.44. The number of rotatable bonds is 8. The van der Waals surface area contributed by atoms with Crippen molar-refractivity contribution in [1.29, 1.82) is 0 Å². The van der Waals surface area contributed by atoms with Gasteiger partial charge in [-0.25, -0.2) is 0 Å². The van der Waals surface area contributed by atoms with Gasteiger partial charge in [-0.05, 0) is 160 Å². The van der Waals surface area contributed by atoms with Crippen molar-refractivity contribution in [2.45, 2.75) is 0 Å². The van der Waals surface area contributed by atoms with Crippen molar-refractivity contribution < 1.29 is 0 Å². The van der Waals surface area contributed by atoms with Gasteiger partial charge in [0.25, 0.3) is 0 Å². The summed E-state index contributed by atoms with van der Waals surface area (Å²) in [5.41, 5.74) is 16.6. The van der Waals surface area contributed by atoms with E-state index in [9.17, 15) is 0 Å². The SMILES string of the molecule is c1ccc(-c2c3ccccc3c(-c3ccc(N(c4ccccc4)c4ccc(-n5c6ccc(-c7cccc8ccccc78)cc6c6cc(-c7cccc8ccccc78)ccc65)cc4)cc3)c3ccccc23)cc1. The number of nitrogens with zero attached hydrogens (tertiary/aromatic N) is 2. The molecule has 0 radical (unpaired) electrons. The summed E-state index contributed by atoms with van der Waals surface area (Å²) in [4.78, 5) is 2.36. The number of hydrogen-bond donors (Lipinski definition) is 0. The van der Waals surface area contributed by atoms with Gasteiger partial charge in [0.05, 0.1) is 11.0 Å². The molecule has 1 heterocycles. The molecule has 72 heavy (non-hydrogen) atoms. The minimum atomic E-state index is 1.08. The Labute approximate surface area is 418 Å². The van der Waals surface area contributed by atoms with Crippen LogP contribution in [0.4, 0.5) is 17.1 Å². The standard InChI is InChI=1S/C70H46N2/c1-3-19-49(20-4-1)69-61-27-11-13-29-63(61)70(64-30-14-12-28-62(64)69)50-33-37-54(38-34-50)71(53-23-5-2-6-24-53)55-39-41-56(42-40-55)72-67-43-35-51(59-31-15-21-47-17-7-9-25-57(47)59)45-65(67)66-46-52(36-44-68(66)72)60-32-16-22-48-18-8-10-26-58(48)60/h1-46H. The van der Waals surface area contributed by atoms with Crippen molar-refractivity contribution in [3.8, 4) is 50.2 Å². The van der Waals surface area contributed by atoms with Crippen LogP contribution in [0.25, 0.3) is 115 Å². The number of aromatic nitrogens is 1. The molecule has 1 aromatic heterocycles. The number of fused-ring (bicyclic) bond motifs is 7. The van der Waals surface area contributed by atoms with Crippen molar-refractivity contribution in [3.63, 3.8) is 0 Å². The molecule has 13 aromatic carbocycles. The first-order chi connectivity index (χ1) is 35.7. The molecule has 0 unspecified atom stereocenters. The van der Waals surface area contributed by atoms with Crippen LogP contribution in [0, 0.1) is 0 Å². The third kappa shape index (κ3) is 6.88. The summed E-state index contributed by atoms with van der Waals surface area (Å²) >= 11 is 0. The van der Waals surface area contributed by atoms with E-state index in [2.05, 4.69) is 289 Å². The molecule has 14 aromatic rings.